The summed E-state index contributed by atoms with van der Waals surface area (Å²) in [6.45, 7) is 6.98. The average molecular weight is 269 g/mol. The van der Waals surface area contributed by atoms with Crippen LogP contribution in [-0.2, 0) is 4.74 Å². The first kappa shape index (κ1) is 15.9. The lowest BCUT2D eigenvalue weighted by Gasteiger charge is -2.31. The zero-order valence-corrected chi connectivity index (χ0v) is 12.2. The van der Waals surface area contributed by atoms with E-state index in [-0.39, 0.29) is 11.9 Å². The Morgan fingerprint density at radius 1 is 1.37 bits per heavy atom. The molecule has 0 bridgehead atoms. The fraction of sp³-hybridized carbons (Fsp3) is 0.600. The number of anilines is 1. The summed E-state index contributed by atoms with van der Waals surface area (Å²) in [7, 11) is 1.64. The molecule has 108 valence electrons. The van der Waals surface area contributed by atoms with E-state index in [1.54, 1.807) is 26.2 Å². The number of halogens is 1. The predicted octanol–water partition coefficient (Wildman–Crippen LogP) is 3.13. The highest BCUT2D eigenvalue weighted by Crippen LogP contribution is 2.25. The molecule has 19 heavy (non-hydrogen) atoms. The Morgan fingerprint density at radius 3 is 2.53 bits per heavy atom. The Morgan fingerprint density at radius 2 is 2.05 bits per heavy atom. The van der Waals surface area contributed by atoms with E-state index in [0.29, 0.717) is 24.4 Å². The second-order valence-electron chi connectivity index (χ2n) is 4.83. The number of ether oxygens (including phenoxy) is 1. The lowest BCUT2D eigenvalue weighted by atomic mass is 10.1. The number of nitrogens with zero attached hydrogens (tertiary/aromatic N) is 1. The molecule has 3 nitrogen and oxygen atoms in total. The third kappa shape index (κ3) is 4.18. The van der Waals surface area contributed by atoms with Crippen molar-refractivity contribution in [2.24, 2.45) is 0 Å². The highest BCUT2D eigenvalue weighted by molar-refractivity contribution is 5.50. The molecule has 0 aliphatic carbocycles. The third-order valence-electron chi connectivity index (χ3n) is 3.42. The van der Waals surface area contributed by atoms with Crippen LogP contribution < -0.4 is 4.90 Å². The maximum absolute atomic E-state index is 14.2. The molecule has 0 aromatic heterocycles. The highest BCUT2D eigenvalue weighted by atomic mass is 19.1. The molecule has 1 aromatic rings. The summed E-state index contributed by atoms with van der Waals surface area (Å²) in [4.78, 5) is 2.00. The van der Waals surface area contributed by atoms with Gasteiger partial charge in [-0.2, -0.15) is 0 Å². The second-order valence-corrected chi connectivity index (χ2v) is 4.83. The molecule has 1 unspecified atom stereocenters. The van der Waals surface area contributed by atoms with Crippen molar-refractivity contribution in [1.82, 2.24) is 0 Å². The highest BCUT2D eigenvalue weighted by Gasteiger charge is 2.17. The van der Waals surface area contributed by atoms with E-state index in [2.05, 4.69) is 13.8 Å². The van der Waals surface area contributed by atoms with Crippen LogP contribution in [0.5, 0.6) is 0 Å². The van der Waals surface area contributed by atoms with Gasteiger partial charge >= 0.3 is 0 Å². The Labute approximate surface area is 115 Å². The molecule has 0 aliphatic heterocycles. The number of benzene rings is 1. The molecule has 0 aliphatic rings. The molecule has 0 spiro atoms. The van der Waals surface area contributed by atoms with E-state index in [0.717, 1.165) is 6.42 Å². The number of aliphatic hydroxyl groups excluding tert-OH is 1. The summed E-state index contributed by atoms with van der Waals surface area (Å²) in [5.74, 6) is -0.296. The van der Waals surface area contributed by atoms with Gasteiger partial charge in [0.2, 0.25) is 0 Å². The van der Waals surface area contributed by atoms with Gasteiger partial charge < -0.3 is 14.7 Å². The zero-order valence-electron chi connectivity index (χ0n) is 12.2. The maximum atomic E-state index is 14.2. The Kier molecular flexibility index (Phi) is 6.25. The van der Waals surface area contributed by atoms with E-state index < -0.39 is 6.10 Å². The summed E-state index contributed by atoms with van der Waals surface area (Å²) >= 11 is 0. The molecule has 1 aromatic carbocycles. The smallest absolute Gasteiger partial charge is 0.146 e. The van der Waals surface area contributed by atoms with Crippen LogP contribution in [0, 0.1) is 5.82 Å². The quantitative estimate of drug-likeness (QED) is 0.825. The summed E-state index contributed by atoms with van der Waals surface area (Å²) in [5.41, 5.74) is 1.16. The average Bonchev–Trinajstić information content (AvgIpc) is 2.39. The number of hydrogen-bond acceptors (Lipinski definition) is 3. The molecule has 0 heterocycles. The van der Waals surface area contributed by atoms with Gasteiger partial charge in [-0.05, 0) is 38.0 Å². The van der Waals surface area contributed by atoms with Gasteiger partial charge in [-0.15, -0.1) is 0 Å². The molecule has 4 heteroatoms. The van der Waals surface area contributed by atoms with Gasteiger partial charge in [-0.25, -0.2) is 4.39 Å². The molecule has 0 radical (unpaired) electrons. The van der Waals surface area contributed by atoms with E-state index >= 15 is 0 Å². The molecule has 1 rings (SSSR count). The van der Waals surface area contributed by atoms with Crippen molar-refractivity contribution in [3.05, 3.63) is 29.6 Å². The van der Waals surface area contributed by atoms with Gasteiger partial charge in [0, 0.05) is 19.7 Å². The Bertz CT molecular complexity index is 396. The molecule has 0 saturated heterocycles. The Balaban J connectivity index is 3.01. The Hall–Kier alpha value is -1.13. The minimum atomic E-state index is -0.653. The summed E-state index contributed by atoms with van der Waals surface area (Å²) < 4.78 is 19.3. The molecule has 1 N–H and O–H groups in total. The van der Waals surface area contributed by atoms with Crippen LogP contribution in [0.2, 0.25) is 0 Å². The second kappa shape index (κ2) is 7.46. The normalized spacial score (nSPS) is 14.2. The van der Waals surface area contributed by atoms with Crippen LogP contribution in [-0.4, -0.2) is 31.4 Å². The van der Waals surface area contributed by atoms with Crippen LogP contribution >= 0.6 is 0 Å². The van der Waals surface area contributed by atoms with Gasteiger partial charge in [0.25, 0.3) is 0 Å². The van der Waals surface area contributed by atoms with Crippen molar-refractivity contribution in [1.29, 1.82) is 0 Å². The van der Waals surface area contributed by atoms with Crippen molar-refractivity contribution in [3.8, 4) is 0 Å². The zero-order chi connectivity index (χ0) is 14.4. The van der Waals surface area contributed by atoms with Crippen LogP contribution in [0.15, 0.2) is 18.2 Å². The molecule has 0 amide bonds. The van der Waals surface area contributed by atoms with Crippen LogP contribution in [0.4, 0.5) is 10.1 Å². The number of aliphatic hydroxyl groups is 1. The van der Waals surface area contributed by atoms with Crippen molar-refractivity contribution >= 4 is 5.69 Å². The van der Waals surface area contributed by atoms with Gasteiger partial charge in [-0.1, -0.05) is 13.0 Å². The SMILES string of the molecule is CCC(C)N(CCOC)c1ccc([C@@H](C)O)cc1F. The minimum Gasteiger partial charge on any atom is -0.389 e. The minimum absolute atomic E-state index is 0.238. The maximum Gasteiger partial charge on any atom is 0.146 e. The summed E-state index contributed by atoms with van der Waals surface area (Å²) in [6, 6.07) is 5.15. The standard InChI is InChI=1S/C15H24FNO2/c1-5-11(2)17(8-9-19-4)15-7-6-13(12(3)18)10-14(15)16/h6-7,10-12,18H,5,8-9H2,1-4H3/t11?,12-/m1/s1. The lowest BCUT2D eigenvalue weighted by molar-refractivity contribution is 0.198. The van der Waals surface area contributed by atoms with Crippen LogP contribution in [0.25, 0.3) is 0 Å². The summed E-state index contributed by atoms with van der Waals surface area (Å²) in [5, 5.41) is 9.47. The van der Waals surface area contributed by atoms with Crippen LogP contribution in [0.1, 0.15) is 38.9 Å². The van der Waals surface area contributed by atoms with E-state index in [4.69, 9.17) is 4.74 Å². The van der Waals surface area contributed by atoms with E-state index in [1.165, 1.54) is 6.07 Å². The van der Waals surface area contributed by atoms with E-state index in [1.807, 2.05) is 4.90 Å². The lowest BCUT2D eigenvalue weighted by Crippen LogP contribution is -2.36. The fourth-order valence-electron chi connectivity index (χ4n) is 2.00. The number of hydrogen-bond donors (Lipinski definition) is 1. The van der Waals surface area contributed by atoms with Gasteiger partial charge in [0.15, 0.2) is 0 Å². The van der Waals surface area contributed by atoms with Crippen molar-refractivity contribution in [2.75, 3.05) is 25.2 Å². The van der Waals surface area contributed by atoms with Crippen molar-refractivity contribution in [2.45, 2.75) is 39.3 Å². The van der Waals surface area contributed by atoms with Crippen LogP contribution in [0.3, 0.4) is 0 Å². The first-order valence-corrected chi connectivity index (χ1v) is 6.74. The number of methoxy groups -OCH3 is 1. The van der Waals surface area contributed by atoms with Crippen molar-refractivity contribution < 1.29 is 14.2 Å². The van der Waals surface area contributed by atoms with Crippen molar-refractivity contribution in [3.63, 3.8) is 0 Å². The molecular weight excluding hydrogens is 245 g/mol. The first-order valence-electron chi connectivity index (χ1n) is 6.74. The third-order valence-corrected chi connectivity index (χ3v) is 3.42. The topological polar surface area (TPSA) is 32.7 Å². The van der Waals surface area contributed by atoms with Gasteiger partial charge in [-0.3, -0.25) is 0 Å². The monoisotopic (exact) mass is 269 g/mol. The van der Waals surface area contributed by atoms with E-state index in [9.17, 15) is 9.50 Å². The molecule has 2 atom stereocenters. The largest absolute Gasteiger partial charge is 0.389 e. The molecule has 0 fully saturated rings. The van der Waals surface area contributed by atoms with Gasteiger partial charge in [0.1, 0.15) is 5.82 Å². The summed E-state index contributed by atoms with van der Waals surface area (Å²) in [6.07, 6.45) is 0.279. The fourth-order valence-corrected chi connectivity index (χ4v) is 2.00. The molecule has 0 saturated carbocycles. The van der Waals surface area contributed by atoms with Gasteiger partial charge in [0.05, 0.1) is 18.4 Å². The predicted molar refractivity (Wildman–Crippen MR) is 76.0 cm³/mol. The number of rotatable bonds is 7. The first-order chi connectivity index (χ1) is 9.01. The molecular formula is C15H24FNO2.